The number of aliphatic hydroxyl groups excluding tert-OH is 5. The summed E-state index contributed by atoms with van der Waals surface area (Å²) in [7, 11) is -3.90. The summed E-state index contributed by atoms with van der Waals surface area (Å²) in [6.07, 6.45) is -11.0. The van der Waals surface area contributed by atoms with Crippen LogP contribution in [0.3, 0.4) is 0 Å². The van der Waals surface area contributed by atoms with Crippen LogP contribution in [0.4, 0.5) is 0 Å². The van der Waals surface area contributed by atoms with E-state index in [1.807, 2.05) is 0 Å². The second-order valence-corrected chi connectivity index (χ2v) is 12.3. The van der Waals surface area contributed by atoms with E-state index in [1.165, 1.54) is 0 Å². The van der Waals surface area contributed by atoms with E-state index in [4.69, 9.17) is 57.4 Å². The number of ether oxygens (including phenoxy) is 5. The van der Waals surface area contributed by atoms with Gasteiger partial charge in [-0.25, -0.2) is 0 Å². The molecular formula is C21H44N5O13P. The van der Waals surface area contributed by atoms with Crippen LogP contribution in [0.25, 0.3) is 0 Å². The van der Waals surface area contributed by atoms with Gasteiger partial charge in [0.2, 0.25) is 0 Å². The summed E-state index contributed by atoms with van der Waals surface area (Å²) >= 11 is 0. The Balaban J connectivity index is 0.000000472. The summed E-state index contributed by atoms with van der Waals surface area (Å²) in [4.78, 5) is 16.6. The molecule has 4 aliphatic rings. The second kappa shape index (κ2) is 13.9. The highest BCUT2D eigenvalue weighted by molar-refractivity contribution is 7.52. The van der Waals surface area contributed by atoms with Crippen molar-refractivity contribution in [2.24, 2.45) is 28.7 Å². The van der Waals surface area contributed by atoms with Crippen molar-refractivity contribution in [2.45, 2.75) is 117 Å². The van der Waals surface area contributed by atoms with Gasteiger partial charge in [-0.1, -0.05) is 0 Å². The highest BCUT2D eigenvalue weighted by Gasteiger charge is 2.50. The zero-order valence-corrected chi connectivity index (χ0v) is 22.9. The Hall–Kier alpha value is -0.450. The molecule has 3 heterocycles. The number of rotatable bonds is 7. The summed E-state index contributed by atoms with van der Waals surface area (Å²) in [5, 5.41) is 50.7. The summed E-state index contributed by atoms with van der Waals surface area (Å²) in [5.41, 5.74) is 29.8. The molecule has 1 aliphatic carbocycles. The predicted octanol–water partition coefficient (Wildman–Crippen LogP) is -6.39. The molecule has 236 valence electrons. The maximum absolute atomic E-state index is 11.0. The van der Waals surface area contributed by atoms with E-state index in [9.17, 15) is 30.1 Å². The van der Waals surface area contributed by atoms with E-state index >= 15 is 0 Å². The Morgan fingerprint density at radius 1 is 0.800 bits per heavy atom. The maximum Gasteiger partial charge on any atom is 0.356 e. The molecule has 0 aromatic rings. The summed E-state index contributed by atoms with van der Waals surface area (Å²) < 4.78 is 37.4. The molecule has 0 amide bonds. The van der Waals surface area contributed by atoms with Gasteiger partial charge in [-0.2, -0.15) is 0 Å². The molecule has 0 aromatic heterocycles. The highest BCUT2D eigenvalue weighted by Crippen LogP contribution is 2.52. The average Bonchev–Trinajstić information content (AvgIpc) is 3.63. The average molecular weight is 606 g/mol. The largest absolute Gasteiger partial charge is 0.394 e. The van der Waals surface area contributed by atoms with Gasteiger partial charge in [0.25, 0.3) is 0 Å². The zero-order chi connectivity index (χ0) is 30.1. The third-order valence-corrected chi connectivity index (χ3v) is 8.63. The minimum atomic E-state index is -3.90. The molecule has 4 fully saturated rings. The van der Waals surface area contributed by atoms with Gasteiger partial charge in [-0.15, -0.1) is 0 Å². The number of nitrogens with two attached hydrogens (primary N) is 5. The first-order valence-corrected chi connectivity index (χ1v) is 14.7. The van der Waals surface area contributed by atoms with Gasteiger partial charge in [-0.05, 0) is 19.8 Å². The Morgan fingerprint density at radius 2 is 1.32 bits per heavy atom. The predicted molar refractivity (Wildman–Crippen MR) is 135 cm³/mol. The molecule has 1 saturated carbocycles. The van der Waals surface area contributed by atoms with Gasteiger partial charge in [0.05, 0.1) is 37.0 Å². The van der Waals surface area contributed by atoms with Crippen molar-refractivity contribution in [1.82, 2.24) is 0 Å². The van der Waals surface area contributed by atoms with Crippen molar-refractivity contribution in [3.8, 4) is 0 Å². The van der Waals surface area contributed by atoms with E-state index < -0.39 is 106 Å². The van der Waals surface area contributed by atoms with Crippen LogP contribution in [0.2, 0.25) is 0 Å². The molecule has 3 saturated heterocycles. The fourth-order valence-electron chi connectivity index (χ4n) is 4.96. The Labute approximate surface area is 230 Å². The molecule has 16 atom stereocenters. The van der Waals surface area contributed by atoms with Crippen LogP contribution >= 0.6 is 7.60 Å². The molecule has 19 heteroatoms. The van der Waals surface area contributed by atoms with E-state index in [2.05, 4.69) is 4.74 Å². The molecule has 17 N–H and O–H groups in total. The van der Waals surface area contributed by atoms with E-state index in [0.717, 1.165) is 0 Å². The van der Waals surface area contributed by atoms with E-state index in [1.54, 1.807) is 6.92 Å². The van der Waals surface area contributed by atoms with E-state index in [0.29, 0.717) is 0 Å². The lowest BCUT2D eigenvalue weighted by atomic mass is 9.84. The Morgan fingerprint density at radius 3 is 1.77 bits per heavy atom. The first kappa shape index (κ1) is 34.0. The summed E-state index contributed by atoms with van der Waals surface area (Å²) in [6.45, 7) is 1.13. The monoisotopic (exact) mass is 605 g/mol. The second-order valence-electron chi connectivity index (χ2n) is 10.6. The lowest BCUT2D eigenvalue weighted by Gasteiger charge is -2.47. The third-order valence-electron chi connectivity index (χ3n) is 7.43. The highest BCUT2D eigenvalue weighted by atomic mass is 31.2. The fraction of sp³-hybridized carbons (Fsp3) is 1.00. The number of aliphatic hydroxyl groups is 5. The molecule has 0 bridgehead atoms. The van der Waals surface area contributed by atoms with Crippen molar-refractivity contribution in [2.75, 3.05) is 13.2 Å². The van der Waals surface area contributed by atoms with Crippen molar-refractivity contribution in [3.63, 3.8) is 0 Å². The normalized spacial score (nSPS) is 49.6. The molecule has 0 spiro atoms. The van der Waals surface area contributed by atoms with Crippen LogP contribution in [-0.4, -0.2) is 146 Å². The third kappa shape index (κ3) is 7.93. The molecular weight excluding hydrogens is 561 g/mol. The Bertz CT molecular complexity index is 860. The lowest BCUT2D eigenvalue weighted by Crippen LogP contribution is -2.68. The quantitative estimate of drug-likeness (QED) is 0.0947. The van der Waals surface area contributed by atoms with Crippen molar-refractivity contribution in [1.29, 1.82) is 0 Å². The number of hydrogen-bond donors (Lipinski definition) is 12. The fourth-order valence-corrected chi connectivity index (χ4v) is 5.85. The van der Waals surface area contributed by atoms with E-state index in [-0.39, 0.29) is 25.5 Å². The van der Waals surface area contributed by atoms with Gasteiger partial charge in [0, 0.05) is 18.6 Å². The van der Waals surface area contributed by atoms with Crippen molar-refractivity contribution in [3.05, 3.63) is 0 Å². The molecule has 0 radical (unpaired) electrons. The molecule has 0 unspecified atom stereocenters. The van der Waals surface area contributed by atoms with Crippen LogP contribution in [0.15, 0.2) is 0 Å². The van der Waals surface area contributed by atoms with Gasteiger partial charge >= 0.3 is 7.60 Å². The number of epoxide rings is 1. The van der Waals surface area contributed by atoms with Gasteiger partial charge < -0.3 is 87.7 Å². The zero-order valence-electron chi connectivity index (χ0n) is 22.0. The van der Waals surface area contributed by atoms with Crippen LogP contribution < -0.4 is 28.7 Å². The molecule has 4 rings (SSSR count). The SMILES string of the molecule is C[C@@H]1O[C@@H]1P(=O)(O)O.NC[C@H]1O[C@H](O[C@H]2[C@H](O)[C@@H](O[C@H]3O[C@H](CO)[C@@H](O)[C@H](N)[C@H]3O)[C@H](N)C[C@@H]2N)[C@H](N)C[C@@H]1O. The Kier molecular flexibility index (Phi) is 11.8. The molecule has 0 aromatic carbocycles. The maximum atomic E-state index is 11.0. The van der Waals surface area contributed by atoms with Crippen LogP contribution in [0.1, 0.15) is 19.8 Å². The minimum Gasteiger partial charge on any atom is -0.394 e. The topological polar surface area (TPSA) is 338 Å². The summed E-state index contributed by atoms with van der Waals surface area (Å²) in [5.74, 6) is -0.817. The molecule has 18 nitrogen and oxygen atoms in total. The standard InChI is InChI=1S/C18H37N5O9.C3H7O4P/c19-3-9-8(25)2-7(22)17(29-9)31-15-5(20)1-6(21)16(14(15)28)32-18-13(27)11(23)12(26)10(4-24)30-18;1-2-3(7-2)8(4,5)6/h5-18,24-28H,1-4,19-23H2;2-3H,1H3,(H2,4,5,6)/t5-,6+,7+,8-,9+,10+,11-,12+,13+,14-,15+,16-,17+,18+;2-,3+/m00/s1. The van der Waals surface area contributed by atoms with Gasteiger partial charge in [-0.3, -0.25) is 4.57 Å². The van der Waals surface area contributed by atoms with Gasteiger partial charge in [0.15, 0.2) is 18.4 Å². The van der Waals surface area contributed by atoms with Gasteiger partial charge in [0.1, 0.15) is 36.6 Å². The molecule has 3 aliphatic heterocycles. The lowest BCUT2D eigenvalue weighted by molar-refractivity contribution is -0.314. The smallest absolute Gasteiger partial charge is 0.356 e. The number of hydrogen-bond acceptors (Lipinski definition) is 16. The first-order chi connectivity index (χ1) is 18.6. The van der Waals surface area contributed by atoms with Crippen molar-refractivity contribution >= 4 is 7.60 Å². The summed E-state index contributed by atoms with van der Waals surface area (Å²) in [6, 6.07) is -3.27. The van der Waals surface area contributed by atoms with Crippen molar-refractivity contribution < 1.29 is 63.6 Å². The first-order valence-electron chi connectivity index (χ1n) is 13.0. The van der Waals surface area contributed by atoms with Crippen LogP contribution in [0.5, 0.6) is 0 Å². The van der Waals surface area contributed by atoms with Crippen LogP contribution in [-0.2, 0) is 28.2 Å². The molecule has 40 heavy (non-hydrogen) atoms. The minimum absolute atomic E-state index is 0.0542. The van der Waals surface area contributed by atoms with Crippen LogP contribution in [0, 0.1) is 0 Å².